The fraction of sp³-hybridized carbons (Fsp3) is 0.120. The first-order valence-corrected chi connectivity index (χ1v) is 9.31. The summed E-state index contributed by atoms with van der Waals surface area (Å²) >= 11 is 0. The van der Waals surface area contributed by atoms with E-state index in [1.165, 1.54) is 43.8 Å². The summed E-state index contributed by atoms with van der Waals surface area (Å²) < 4.78 is 2.22. The van der Waals surface area contributed by atoms with E-state index in [-0.39, 0.29) is 0 Å². The van der Waals surface area contributed by atoms with Crippen molar-refractivity contribution in [2.45, 2.75) is 13.8 Å². The molecule has 0 fully saturated rings. The molecule has 4 aromatic carbocycles. The maximum Gasteiger partial charge on any atom is 0.239 e. The number of hydrogen-bond donors (Lipinski definition) is 0. The van der Waals surface area contributed by atoms with E-state index in [0.29, 0.717) is 0 Å². The Morgan fingerprint density at radius 2 is 1.56 bits per heavy atom. The number of benzene rings is 4. The highest BCUT2D eigenvalue weighted by molar-refractivity contribution is 6.23. The molecule has 0 unspecified atom stereocenters. The Balaban J connectivity index is 2.02. The quantitative estimate of drug-likeness (QED) is 0.282. The van der Waals surface area contributed by atoms with Crippen molar-refractivity contribution in [3.8, 4) is 11.1 Å². The molecular weight excluding hydrogens is 328 g/mol. The van der Waals surface area contributed by atoms with Gasteiger partial charge < -0.3 is 0 Å². The minimum Gasteiger partial charge on any atom is -0.240 e. The SMILES string of the molecule is Cc1c[n+](C)c2c(n1)c1ccc(-c3ccccc3)cc1c1cccc(C)c12. The predicted octanol–water partition coefficient (Wildman–Crippen LogP) is 5.65. The lowest BCUT2D eigenvalue weighted by Gasteiger charge is -2.12. The van der Waals surface area contributed by atoms with Crippen LogP contribution in [0.25, 0.3) is 43.7 Å². The molecule has 0 saturated carbocycles. The Morgan fingerprint density at radius 3 is 2.37 bits per heavy atom. The summed E-state index contributed by atoms with van der Waals surface area (Å²) in [5.74, 6) is 0. The molecule has 2 nitrogen and oxygen atoms in total. The van der Waals surface area contributed by atoms with Crippen molar-refractivity contribution in [3.05, 3.63) is 84.2 Å². The van der Waals surface area contributed by atoms with Crippen molar-refractivity contribution in [1.82, 2.24) is 4.98 Å². The highest BCUT2D eigenvalue weighted by Crippen LogP contribution is 2.36. The molecule has 1 heterocycles. The van der Waals surface area contributed by atoms with Crippen LogP contribution in [0.5, 0.6) is 0 Å². The van der Waals surface area contributed by atoms with Crippen LogP contribution < -0.4 is 4.57 Å². The van der Waals surface area contributed by atoms with Gasteiger partial charge in [-0.2, -0.15) is 4.57 Å². The molecule has 5 aromatic rings. The zero-order valence-electron chi connectivity index (χ0n) is 15.8. The van der Waals surface area contributed by atoms with Crippen LogP contribution >= 0.6 is 0 Å². The predicted molar refractivity (Wildman–Crippen MR) is 113 cm³/mol. The van der Waals surface area contributed by atoms with Gasteiger partial charge in [-0.25, -0.2) is 4.98 Å². The molecule has 0 aliphatic carbocycles. The first kappa shape index (κ1) is 16.0. The van der Waals surface area contributed by atoms with Crippen LogP contribution in [-0.4, -0.2) is 4.98 Å². The second kappa shape index (κ2) is 5.88. The lowest BCUT2D eigenvalue weighted by atomic mass is 9.93. The van der Waals surface area contributed by atoms with Gasteiger partial charge in [0, 0.05) is 5.39 Å². The van der Waals surface area contributed by atoms with Gasteiger partial charge in [0.15, 0.2) is 6.20 Å². The fourth-order valence-electron chi connectivity index (χ4n) is 4.24. The third-order valence-electron chi connectivity index (χ3n) is 5.43. The van der Waals surface area contributed by atoms with Gasteiger partial charge in [-0.15, -0.1) is 0 Å². The third kappa shape index (κ3) is 2.41. The summed E-state index contributed by atoms with van der Waals surface area (Å²) in [6.45, 7) is 4.25. The number of aryl methyl sites for hydroxylation is 3. The van der Waals surface area contributed by atoms with E-state index in [0.717, 1.165) is 11.2 Å². The van der Waals surface area contributed by atoms with Crippen molar-refractivity contribution < 1.29 is 4.57 Å². The minimum absolute atomic E-state index is 1.03. The van der Waals surface area contributed by atoms with E-state index in [9.17, 15) is 0 Å². The Kier molecular flexibility index (Phi) is 3.48. The van der Waals surface area contributed by atoms with Gasteiger partial charge in [0.1, 0.15) is 18.3 Å². The van der Waals surface area contributed by atoms with Crippen LogP contribution in [0.4, 0.5) is 0 Å². The number of hydrogen-bond acceptors (Lipinski definition) is 1. The number of nitrogens with zero attached hydrogens (tertiary/aromatic N) is 2. The van der Waals surface area contributed by atoms with Crippen molar-refractivity contribution in [1.29, 1.82) is 0 Å². The van der Waals surface area contributed by atoms with Gasteiger partial charge >= 0.3 is 0 Å². The van der Waals surface area contributed by atoms with Gasteiger partial charge in [0.25, 0.3) is 0 Å². The van der Waals surface area contributed by atoms with Crippen LogP contribution in [0.3, 0.4) is 0 Å². The van der Waals surface area contributed by atoms with Gasteiger partial charge in [0.05, 0.1) is 5.39 Å². The standard InChI is InChI=1S/C25H21N2/c1-16-8-7-11-20-22-14-19(18-9-5-4-6-10-18)12-13-21(22)24-25(23(16)20)27(3)15-17(2)26-24/h4-15H,1-3H3/q+1. The van der Waals surface area contributed by atoms with E-state index in [4.69, 9.17) is 4.98 Å². The third-order valence-corrected chi connectivity index (χ3v) is 5.43. The summed E-state index contributed by atoms with van der Waals surface area (Å²) in [4.78, 5) is 4.94. The van der Waals surface area contributed by atoms with Crippen LogP contribution in [0.15, 0.2) is 72.9 Å². The molecule has 1 aromatic heterocycles. The summed E-state index contributed by atoms with van der Waals surface area (Å²) in [6, 6.07) is 23.9. The van der Waals surface area contributed by atoms with Crippen molar-refractivity contribution in [3.63, 3.8) is 0 Å². The first-order chi connectivity index (χ1) is 13.1. The Hall–Kier alpha value is -3.26. The summed E-state index contributed by atoms with van der Waals surface area (Å²) in [7, 11) is 2.12. The highest BCUT2D eigenvalue weighted by Gasteiger charge is 2.19. The van der Waals surface area contributed by atoms with Crippen molar-refractivity contribution in [2.24, 2.45) is 7.05 Å². The molecule has 0 aliphatic rings. The zero-order chi connectivity index (χ0) is 18.5. The molecule has 5 rings (SSSR count). The van der Waals surface area contributed by atoms with Gasteiger partial charge in [0.2, 0.25) is 5.52 Å². The molecule has 0 radical (unpaired) electrons. The Morgan fingerprint density at radius 1 is 0.741 bits per heavy atom. The summed E-state index contributed by atoms with van der Waals surface area (Å²) in [6.07, 6.45) is 2.11. The van der Waals surface area contributed by atoms with Crippen LogP contribution in [-0.2, 0) is 7.05 Å². The largest absolute Gasteiger partial charge is 0.240 e. The molecule has 130 valence electrons. The van der Waals surface area contributed by atoms with Gasteiger partial charge in [-0.05, 0) is 47.4 Å². The molecule has 0 amide bonds. The lowest BCUT2D eigenvalue weighted by Crippen LogP contribution is -2.30. The molecule has 0 saturated heterocycles. The first-order valence-electron chi connectivity index (χ1n) is 9.31. The number of fused-ring (bicyclic) bond motifs is 6. The molecule has 0 N–H and O–H groups in total. The summed E-state index contributed by atoms with van der Waals surface area (Å²) in [5, 5.41) is 5.06. The lowest BCUT2D eigenvalue weighted by molar-refractivity contribution is -0.644. The van der Waals surface area contributed by atoms with Gasteiger partial charge in [-0.1, -0.05) is 60.7 Å². The molecule has 0 atom stereocenters. The van der Waals surface area contributed by atoms with E-state index < -0.39 is 0 Å². The van der Waals surface area contributed by atoms with Crippen LogP contribution in [0.2, 0.25) is 0 Å². The molecule has 0 spiro atoms. The smallest absolute Gasteiger partial charge is 0.239 e. The molecule has 0 bridgehead atoms. The highest BCUT2D eigenvalue weighted by atomic mass is 15.0. The average Bonchev–Trinajstić information content (AvgIpc) is 2.68. The topological polar surface area (TPSA) is 16.8 Å². The van der Waals surface area contributed by atoms with E-state index >= 15 is 0 Å². The van der Waals surface area contributed by atoms with Crippen LogP contribution in [0, 0.1) is 13.8 Å². The molecule has 2 heteroatoms. The normalized spacial score (nSPS) is 11.5. The monoisotopic (exact) mass is 349 g/mol. The maximum atomic E-state index is 4.94. The molecule has 27 heavy (non-hydrogen) atoms. The zero-order valence-corrected chi connectivity index (χ0v) is 15.8. The summed E-state index contributed by atoms with van der Waals surface area (Å²) in [5.41, 5.74) is 7.07. The maximum absolute atomic E-state index is 4.94. The van der Waals surface area contributed by atoms with Crippen molar-refractivity contribution >= 4 is 32.6 Å². The fourth-order valence-corrected chi connectivity index (χ4v) is 4.24. The molecular formula is C25H21N2+. The molecule has 0 aliphatic heterocycles. The van der Waals surface area contributed by atoms with Gasteiger partial charge in [-0.3, -0.25) is 0 Å². The second-order valence-corrected chi connectivity index (χ2v) is 7.31. The average molecular weight is 349 g/mol. The second-order valence-electron chi connectivity index (χ2n) is 7.31. The Labute approximate surface area is 158 Å². The minimum atomic E-state index is 1.03. The van der Waals surface area contributed by atoms with Crippen LogP contribution in [0.1, 0.15) is 11.3 Å². The van der Waals surface area contributed by atoms with E-state index in [1.807, 2.05) is 0 Å². The Bertz CT molecular complexity index is 1340. The number of aromatic nitrogens is 2. The van der Waals surface area contributed by atoms with E-state index in [2.05, 4.69) is 98.4 Å². The van der Waals surface area contributed by atoms with E-state index in [1.54, 1.807) is 0 Å². The van der Waals surface area contributed by atoms with Crippen molar-refractivity contribution in [2.75, 3.05) is 0 Å². The number of rotatable bonds is 1.